The first-order chi connectivity index (χ1) is 7.23. The Hall–Kier alpha value is 1.08. The van der Waals surface area contributed by atoms with Gasteiger partial charge in [0.2, 0.25) is 0 Å². The Morgan fingerprint density at radius 3 is 0.941 bits per heavy atom. The molecule has 0 nitrogen and oxygen atoms in total. The Morgan fingerprint density at radius 2 is 0.706 bits per heavy atom. The van der Waals surface area contributed by atoms with Crippen molar-refractivity contribution in [2.45, 2.75) is 75.0 Å². The molecule has 3 rings (SSSR count). The molecule has 0 saturated carbocycles. The maximum atomic E-state index is 2.82. The topological polar surface area (TPSA) is 0 Å². The maximum absolute atomic E-state index is 2.82. The van der Waals surface area contributed by atoms with Crippen LogP contribution in [-0.4, -0.2) is 38.4 Å². The molecule has 0 radical (unpaired) electrons. The third-order valence-electron chi connectivity index (χ3n) is 7.64. The van der Waals surface area contributed by atoms with E-state index in [9.17, 15) is 0 Å². The Balaban J connectivity index is 2.67. The standard InChI is InChI=1S/C12H32Si5/c1-13(2)11-14(3,4)12(13)16(7,8)17(9,10)15(11,5)6/h11-12H,1-10H3. The van der Waals surface area contributed by atoms with Crippen LogP contribution < -0.4 is 0 Å². The highest BCUT2D eigenvalue weighted by molar-refractivity contribution is 7.77. The minimum Gasteiger partial charge on any atom is -0.0731 e. The van der Waals surface area contributed by atoms with Crippen LogP contribution in [-0.2, 0) is 0 Å². The number of hydrogen-bond acceptors (Lipinski definition) is 0. The van der Waals surface area contributed by atoms with Crippen molar-refractivity contribution < 1.29 is 0 Å². The molecule has 0 atom stereocenters. The van der Waals surface area contributed by atoms with E-state index in [2.05, 4.69) is 65.5 Å². The fraction of sp³-hybridized carbons (Fsp3) is 1.00. The molecule has 100 valence electrons. The lowest BCUT2D eigenvalue weighted by Gasteiger charge is -2.80. The van der Waals surface area contributed by atoms with Gasteiger partial charge in [0.25, 0.3) is 0 Å². The van der Waals surface area contributed by atoms with E-state index in [4.69, 9.17) is 0 Å². The molecule has 0 aromatic rings. The van der Waals surface area contributed by atoms with Crippen molar-refractivity contribution in [3.63, 3.8) is 0 Å². The van der Waals surface area contributed by atoms with Crippen molar-refractivity contribution in [2.75, 3.05) is 0 Å². The highest BCUT2D eigenvalue weighted by Crippen LogP contribution is 2.71. The van der Waals surface area contributed by atoms with Gasteiger partial charge in [0.05, 0.1) is 0 Å². The van der Waals surface area contributed by atoms with E-state index in [1.807, 2.05) is 0 Å². The quantitative estimate of drug-likeness (QED) is 0.573. The zero-order valence-electron chi connectivity index (χ0n) is 13.7. The SMILES string of the molecule is C[Si]1(C)C2[Si](C)(C)C1[Si](C)(C)[Si](C)(C)[Si]2(C)C. The molecule has 3 saturated heterocycles. The molecule has 0 aromatic carbocycles. The molecule has 0 spiro atoms. The van der Waals surface area contributed by atoms with Crippen LogP contribution in [0.3, 0.4) is 0 Å². The molecule has 0 aliphatic carbocycles. The second-order valence-corrected chi connectivity index (χ2v) is 50.7. The van der Waals surface area contributed by atoms with E-state index in [0.717, 1.165) is 0 Å². The molecule has 0 unspecified atom stereocenters. The van der Waals surface area contributed by atoms with Gasteiger partial charge < -0.3 is 0 Å². The Bertz CT molecular complexity index is 321. The molecule has 3 heterocycles. The Morgan fingerprint density at radius 1 is 0.471 bits per heavy atom. The first kappa shape index (κ1) is 14.5. The van der Waals surface area contributed by atoms with Crippen LogP contribution in [0, 0.1) is 0 Å². The summed E-state index contributed by atoms with van der Waals surface area (Å²) in [6.45, 7) is 28.0. The maximum Gasteiger partial charge on any atom is 0.0426 e. The summed E-state index contributed by atoms with van der Waals surface area (Å²) in [4.78, 5) is 2.68. The van der Waals surface area contributed by atoms with E-state index in [0.29, 0.717) is 0 Å². The fourth-order valence-electron chi connectivity index (χ4n) is 7.43. The number of rotatable bonds is 0. The van der Waals surface area contributed by atoms with Crippen molar-refractivity contribution in [1.82, 2.24) is 0 Å². The van der Waals surface area contributed by atoms with Crippen LogP contribution in [0.1, 0.15) is 0 Å². The van der Waals surface area contributed by atoms with Crippen molar-refractivity contribution in [3.8, 4) is 0 Å². The minimum atomic E-state index is -0.938. The van der Waals surface area contributed by atoms with Crippen molar-refractivity contribution in [3.05, 3.63) is 0 Å². The average Bonchev–Trinajstić information content (AvgIpc) is 1.95. The molecule has 17 heavy (non-hydrogen) atoms. The zero-order valence-corrected chi connectivity index (χ0v) is 18.7. The van der Waals surface area contributed by atoms with Gasteiger partial charge >= 0.3 is 0 Å². The van der Waals surface area contributed by atoms with Gasteiger partial charge in [0.15, 0.2) is 0 Å². The lowest BCUT2D eigenvalue weighted by molar-refractivity contribution is 1.13. The zero-order chi connectivity index (χ0) is 13.7. The van der Waals surface area contributed by atoms with Gasteiger partial charge in [-0.25, -0.2) is 0 Å². The van der Waals surface area contributed by atoms with E-state index in [1.165, 1.54) is 9.58 Å². The number of hydrogen-bond donors (Lipinski definition) is 0. The molecule has 0 aromatic heterocycles. The van der Waals surface area contributed by atoms with Crippen molar-refractivity contribution in [2.24, 2.45) is 0 Å². The van der Waals surface area contributed by atoms with Gasteiger partial charge in [0.1, 0.15) is 0 Å². The van der Waals surface area contributed by atoms with Gasteiger partial charge in [-0.15, -0.1) is 0 Å². The molecule has 0 N–H and O–H groups in total. The summed E-state index contributed by atoms with van der Waals surface area (Å²) in [6, 6.07) is 0. The van der Waals surface area contributed by atoms with Gasteiger partial charge in [0, 0.05) is 38.4 Å². The number of fused-ring (bicyclic) bond motifs is 2. The summed E-state index contributed by atoms with van der Waals surface area (Å²) in [6.07, 6.45) is 0. The molecular formula is C12H32Si5. The molecule has 3 aliphatic rings. The van der Waals surface area contributed by atoms with Gasteiger partial charge in [-0.2, -0.15) is 0 Å². The first-order valence-corrected chi connectivity index (χ1v) is 24.7. The predicted molar refractivity (Wildman–Crippen MR) is 94.9 cm³/mol. The third kappa shape index (κ3) is 1.28. The van der Waals surface area contributed by atoms with Gasteiger partial charge in [-0.05, 0) is 0 Å². The summed E-state index contributed by atoms with van der Waals surface area (Å²) in [5, 5.41) is 0. The van der Waals surface area contributed by atoms with Crippen LogP contribution in [0.25, 0.3) is 0 Å². The average molecular weight is 317 g/mol. The molecule has 3 fully saturated rings. The summed E-state index contributed by atoms with van der Waals surface area (Å²) >= 11 is 0. The molecule has 0 amide bonds. The molecule has 2 bridgehead atoms. The van der Waals surface area contributed by atoms with E-state index >= 15 is 0 Å². The second kappa shape index (κ2) is 3.21. The molecule has 3 aliphatic heterocycles. The first-order valence-electron chi connectivity index (χ1n) is 7.23. The van der Waals surface area contributed by atoms with E-state index in [-0.39, 0.29) is 0 Å². The van der Waals surface area contributed by atoms with Crippen LogP contribution in [0.15, 0.2) is 0 Å². The van der Waals surface area contributed by atoms with E-state index in [1.54, 1.807) is 0 Å². The summed E-state index contributed by atoms with van der Waals surface area (Å²) in [7, 11) is -4.51. The Kier molecular flexibility index (Phi) is 2.74. The minimum absolute atomic E-state index is 0.872. The van der Waals surface area contributed by atoms with E-state index < -0.39 is 38.4 Å². The largest absolute Gasteiger partial charge is 0.0731 e. The van der Waals surface area contributed by atoms with Crippen LogP contribution in [0.2, 0.25) is 75.0 Å². The van der Waals surface area contributed by atoms with Crippen LogP contribution in [0.5, 0.6) is 0 Å². The molecule has 5 heteroatoms. The second-order valence-electron chi connectivity index (χ2n) is 9.58. The van der Waals surface area contributed by atoms with Crippen molar-refractivity contribution >= 4 is 38.4 Å². The highest BCUT2D eigenvalue weighted by Gasteiger charge is 2.81. The van der Waals surface area contributed by atoms with Gasteiger partial charge in [-0.3, -0.25) is 0 Å². The Labute approximate surface area is 113 Å². The lowest BCUT2D eigenvalue weighted by atomic mass is 11.6. The summed E-state index contributed by atoms with van der Waals surface area (Å²) < 4.78 is 0. The van der Waals surface area contributed by atoms with Crippen molar-refractivity contribution in [1.29, 1.82) is 0 Å². The van der Waals surface area contributed by atoms with Crippen LogP contribution in [0.4, 0.5) is 0 Å². The normalized spacial score (nSPS) is 42.7. The lowest BCUT2D eigenvalue weighted by Crippen LogP contribution is -2.95. The smallest absolute Gasteiger partial charge is 0.0426 e. The predicted octanol–water partition coefficient (Wildman–Crippen LogP) is 4.61. The highest BCUT2D eigenvalue weighted by atomic mass is 29.6. The molecular weight excluding hydrogens is 285 g/mol. The monoisotopic (exact) mass is 316 g/mol. The third-order valence-corrected chi connectivity index (χ3v) is 85.6. The summed E-state index contributed by atoms with van der Waals surface area (Å²) in [5.74, 6) is 0. The fourth-order valence-corrected chi connectivity index (χ4v) is 120. The summed E-state index contributed by atoms with van der Waals surface area (Å²) in [5.41, 5.74) is 0. The van der Waals surface area contributed by atoms with Crippen LogP contribution >= 0.6 is 0 Å². The van der Waals surface area contributed by atoms with Gasteiger partial charge in [-0.1, -0.05) is 75.0 Å².